The van der Waals surface area contributed by atoms with Crippen LogP contribution in [0.5, 0.6) is 0 Å². The molecule has 0 aliphatic heterocycles. The van der Waals surface area contributed by atoms with Crippen molar-refractivity contribution >= 4 is 39.2 Å². The second-order valence-electron chi connectivity index (χ2n) is 7.04. The van der Waals surface area contributed by atoms with E-state index in [0.717, 1.165) is 42.3 Å². The molecule has 2 heterocycles. The van der Waals surface area contributed by atoms with Crippen molar-refractivity contribution in [3.63, 3.8) is 0 Å². The number of thiophene rings is 1. The molecule has 1 N–H and O–H groups in total. The Bertz CT molecular complexity index is 901. The largest absolute Gasteiger partial charge is 0.353 e. The maximum absolute atomic E-state index is 13.1. The normalized spacial score (nSPS) is 14.7. The minimum atomic E-state index is -0.0223. The van der Waals surface area contributed by atoms with Gasteiger partial charge in [0, 0.05) is 17.5 Å². The summed E-state index contributed by atoms with van der Waals surface area (Å²) in [6.07, 6.45) is 8.02. The van der Waals surface area contributed by atoms with Crippen LogP contribution in [-0.4, -0.2) is 27.3 Å². The van der Waals surface area contributed by atoms with Crippen LogP contribution >= 0.6 is 23.1 Å². The number of carbonyl (C=O) groups is 1. The van der Waals surface area contributed by atoms with Gasteiger partial charge >= 0.3 is 0 Å². The molecule has 1 amide bonds. The smallest absolute Gasteiger partial charge is 0.263 e. The molecule has 5 nitrogen and oxygen atoms in total. The third-order valence-electron chi connectivity index (χ3n) is 4.81. The van der Waals surface area contributed by atoms with Gasteiger partial charge in [-0.3, -0.25) is 14.2 Å². The van der Waals surface area contributed by atoms with Gasteiger partial charge in [-0.1, -0.05) is 31.2 Å². The van der Waals surface area contributed by atoms with E-state index in [1.165, 1.54) is 28.6 Å². The van der Waals surface area contributed by atoms with Crippen LogP contribution in [0.25, 0.3) is 10.2 Å². The molecule has 1 aliphatic carbocycles. The van der Waals surface area contributed by atoms with Gasteiger partial charge in [0.05, 0.1) is 11.1 Å². The van der Waals surface area contributed by atoms with Crippen LogP contribution in [-0.2, 0) is 24.2 Å². The van der Waals surface area contributed by atoms with E-state index in [9.17, 15) is 9.59 Å². The molecular formula is C20H27N3O2S2. The van der Waals surface area contributed by atoms with Crippen LogP contribution in [0.1, 0.15) is 50.0 Å². The Balaban J connectivity index is 1.88. The molecule has 0 aromatic carbocycles. The Morgan fingerprint density at radius 3 is 2.96 bits per heavy atom. The number of hydrogen-bond acceptors (Lipinski definition) is 5. The molecule has 0 saturated carbocycles. The number of fused-ring (bicyclic) bond motifs is 3. The van der Waals surface area contributed by atoms with Crippen LogP contribution in [0.3, 0.4) is 0 Å². The molecule has 1 atom stereocenters. The van der Waals surface area contributed by atoms with Gasteiger partial charge in [-0.25, -0.2) is 4.98 Å². The molecule has 0 unspecified atom stereocenters. The maximum atomic E-state index is 13.1. The standard InChI is InChI=1S/C20H27N3O2S2/c1-4-8-13(3)21-16(24)12-26-20-22-18-17(19(25)23(20)11-5-2)14-9-6-7-10-15(14)27-18/h5,13H,2,4,6-12H2,1,3H3,(H,21,24)/t13-/m0/s1. The van der Waals surface area contributed by atoms with Crippen LogP contribution in [0.15, 0.2) is 22.6 Å². The fourth-order valence-electron chi connectivity index (χ4n) is 3.57. The van der Waals surface area contributed by atoms with Crippen LogP contribution in [0, 0.1) is 0 Å². The third-order valence-corrected chi connectivity index (χ3v) is 6.98. The highest BCUT2D eigenvalue weighted by atomic mass is 32.2. The molecule has 2 aromatic rings. The predicted molar refractivity (Wildman–Crippen MR) is 114 cm³/mol. The van der Waals surface area contributed by atoms with Gasteiger partial charge in [-0.15, -0.1) is 17.9 Å². The number of rotatable bonds is 8. The van der Waals surface area contributed by atoms with E-state index in [1.54, 1.807) is 22.0 Å². The van der Waals surface area contributed by atoms with Crippen LogP contribution in [0.4, 0.5) is 0 Å². The van der Waals surface area contributed by atoms with Crippen molar-refractivity contribution in [2.45, 2.75) is 70.1 Å². The molecule has 0 fully saturated rings. The quantitative estimate of drug-likeness (QED) is 0.411. The summed E-state index contributed by atoms with van der Waals surface area (Å²) >= 11 is 2.97. The fraction of sp³-hybridized carbons (Fsp3) is 0.550. The van der Waals surface area contributed by atoms with E-state index in [0.29, 0.717) is 11.7 Å². The first-order valence-corrected chi connectivity index (χ1v) is 11.4. The van der Waals surface area contributed by atoms with Crippen molar-refractivity contribution in [1.29, 1.82) is 0 Å². The number of hydrogen-bond donors (Lipinski definition) is 1. The van der Waals surface area contributed by atoms with Crippen molar-refractivity contribution in [2.24, 2.45) is 0 Å². The van der Waals surface area contributed by atoms with Crippen LogP contribution in [0.2, 0.25) is 0 Å². The molecule has 0 bridgehead atoms. The Hall–Kier alpha value is -1.60. The lowest BCUT2D eigenvalue weighted by atomic mass is 9.97. The van der Waals surface area contributed by atoms with Crippen molar-refractivity contribution in [1.82, 2.24) is 14.9 Å². The highest BCUT2D eigenvalue weighted by molar-refractivity contribution is 7.99. The van der Waals surface area contributed by atoms with Gasteiger partial charge in [0.25, 0.3) is 5.56 Å². The average Bonchev–Trinajstić information content (AvgIpc) is 3.01. The van der Waals surface area contributed by atoms with Gasteiger partial charge in [-0.2, -0.15) is 0 Å². The second-order valence-corrected chi connectivity index (χ2v) is 9.06. The van der Waals surface area contributed by atoms with E-state index in [2.05, 4.69) is 18.8 Å². The predicted octanol–water partition coefficient (Wildman–Crippen LogP) is 3.92. The third kappa shape index (κ3) is 4.46. The number of thioether (sulfide) groups is 1. The van der Waals surface area contributed by atoms with E-state index in [1.807, 2.05) is 6.92 Å². The summed E-state index contributed by atoms with van der Waals surface area (Å²) in [5.41, 5.74) is 1.20. The molecule has 2 aromatic heterocycles. The van der Waals surface area contributed by atoms with Crippen molar-refractivity contribution in [2.75, 3.05) is 5.75 Å². The number of aromatic nitrogens is 2. The number of nitrogens with one attached hydrogen (secondary N) is 1. The topological polar surface area (TPSA) is 64.0 Å². The average molecular weight is 406 g/mol. The minimum Gasteiger partial charge on any atom is -0.353 e. The second kappa shape index (κ2) is 9.06. The summed E-state index contributed by atoms with van der Waals surface area (Å²) in [6, 6.07) is 0.165. The van der Waals surface area contributed by atoms with E-state index in [-0.39, 0.29) is 23.3 Å². The molecule has 27 heavy (non-hydrogen) atoms. The fourth-order valence-corrected chi connectivity index (χ4v) is 5.69. The van der Waals surface area contributed by atoms with Crippen molar-refractivity contribution in [3.05, 3.63) is 33.4 Å². The van der Waals surface area contributed by atoms with Crippen molar-refractivity contribution < 1.29 is 4.79 Å². The Morgan fingerprint density at radius 2 is 2.22 bits per heavy atom. The Labute approximate surface area is 168 Å². The molecule has 0 radical (unpaired) electrons. The van der Waals surface area contributed by atoms with E-state index < -0.39 is 0 Å². The molecule has 0 spiro atoms. The van der Waals surface area contributed by atoms with Gasteiger partial charge in [0.15, 0.2) is 5.16 Å². The number of allylic oxidation sites excluding steroid dienone is 1. The Morgan fingerprint density at radius 1 is 1.44 bits per heavy atom. The molecule has 7 heteroatoms. The van der Waals surface area contributed by atoms with Gasteiger partial charge in [0.2, 0.25) is 5.91 Å². The Kier molecular flexibility index (Phi) is 6.76. The first-order valence-electron chi connectivity index (χ1n) is 9.63. The first-order chi connectivity index (χ1) is 13.0. The van der Waals surface area contributed by atoms with E-state index >= 15 is 0 Å². The monoisotopic (exact) mass is 405 g/mol. The summed E-state index contributed by atoms with van der Waals surface area (Å²) in [4.78, 5) is 32.2. The lowest BCUT2D eigenvalue weighted by molar-refractivity contribution is -0.119. The molecule has 146 valence electrons. The zero-order valence-corrected chi connectivity index (χ0v) is 17.7. The van der Waals surface area contributed by atoms with E-state index in [4.69, 9.17) is 4.98 Å². The zero-order chi connectivity index (χ0) is 19.4. The summed E-state index contributed by atoms with van der Waals surface area (Å²) in [5, 5.41) is 4.38. The van der Waals surface area contributed by atoms with Gasteiger partial charge < -0.3 is 5.32 Å². The number of amides is 1. The van der Waals surface area contributed by atoms with Gasteiger partial charge in [0.1, 0.15) is 4.83 Å². The first kappa shape index (κ1) is 20.1. The highest BCUT2D eigenvalue weighted by Gasteiger charge is 2.22. The minimum absolute atomic E-state index is 0.00144. The molecule has 1 aliphatic rings. The lowest BCUT2D eigenvalue weighted by Crippen LogP contribution is -2.34. The van der Waals surface area contributed by atoms with Gasteiger partial charge in [-0.05, 0) is 44.6 Å². The molecule has 3 rings (SSSR count). The van der Waals surface area contributed by atoms with Crippen molar-refractivity contribution in [3.8, 4) is 0 Å². The summed E-state index contributed by atoms with van der Waals surface area (Å²) in [7, 11) is 0. The zero-order valence-electron chi connectivity index (χ0n) is 16.0. The SMILES string of the molecule is C=CCn1c(SCC(=O)N[C@@H](C)CCC)nc2sc3c(c2c1=O)CCCC3. The number of aryl methyl sites for hydroxylation is 2. The highest BCUT2D eigenvalue weighted by Crippen LogP contribution is 2.34. The number of carbonyl (C=O) groups excluding carboxylic acids is 1. The summed E-state index contributed by atoms with van der Waals surface area (Å²) in [6.45, 7) is 8.30. The lowest BCUT2D eigenvalue weighted by Gasteiger charge is -2.14. The number of nitrogens with zero attached hydrogens (tertiary/aromatic N) is 2. The summed E-state index contributed by atoms with van der Waals surface area (Å²) in [5.74, 6) is 0.236. The molecule has 0 saturated heterocycles. The molecular weight excluding hydrogens is 378 g/mol. The summed E-state index contributed by atoms with van der Waals surface area (Å²) < 4.78 is 1.66. The van der Waals surface area contributed by atoms with Crippen LogP contribution < -0.4 is 10.9 Å². The maximum Gasteiger partial charge on any atom is 0.263 e.